The smallest absolute Gasteiger partial charge is 0.404 e. The van der Waals surface area contributed by atoms with Gasteiger partial charge in [-0.1, -0.05) is 0 Å². The molecule has 1 aromatic rings. The normalized spacial score (nSPS) is 12.6. The summed E-state index contributed by atoms with van der Waals surface area (Å²) >= 11 is 1.47. The van der Waals surface area contributed by atoms with E-state index in [4.69, 9.17) is 10.7 Å². The minimum absolute atomic E-state index is 0.178. The Balaban J connectivity index is 3.47. The summed E-state index contributed by atoms with van der Waals surface area (Å²) in [7, 11) is 0.654. The van der Waals surface area contributed by atoms with E-state index in [9.17, 15) is 21.6 Å². The van der Waals surface area contributed by atoms with Crippen LogP contribution in [0.25, 0.3) is 0 Å². The zero-order valence-electron chi connectivity index (χ0n) is 8.05. The van der Waals surface area contributed by atoms with Gasteiger partial charge < -0.3 is 4.74 Å². The van der Waals surface area contributed by atoms with Gasteiger partial charge in [-0.2, -0.15) is 0 Å². The SMILES string of the molecule is Cc1cc(OC(F)(F)F)c(S(=O)(=O)Cl)c(I)n1. The fourth-order valence-electron chi connectivity index (χ4n) is 1.02. The molecule has 0 atom stereocenters. The quantitative estimate of drug-likeness (QED) is 0.434. The molecule has 0 bridgehead atoms. The Labute approximate surface area is 113 Å². The molecule has 96 valence electrons. The van der Waals surface area contributed by atoms with Crippen LogP contribution >= 0.6 is 33.3 Å². The zero-order chi connectivity index (χ0) is 13.4. The van der Waals surface area contributed by atoms with E-state index >= 15 is 0 Å². The van der Waals surface area contributed by atoms with Crippen LogP contribution in [0, 0.1) is 10.6 Å². The van der Waals surface area contributed by atoms with Crippen molar-refractivity contribution in [1.29, 1.82) is 0 Å². The van der Waals surface area contributed by atoms with E-state index in [2.05, 4.69) is 9.72 Å². The molecule has 0 saturated carbocycles. The van der Waals surface area contributed by atoms with Gasteiger partial charge in [-0.25, -0.2) is 13.4 Å². The van der Waals surface area contributed by atoms with Crippen molar-refractivity contribution >= 4 is 42.3 Å². The monoisotopic (exact) mass is 401 g/mol. The van der Waals surface area contributed by atoms with E-state index in [1.54, 1.807) is 0 Å². The van der Waals surface area contributed by atoms with Crippen LogP contribution in [-0.4, -0.2) is 19.8 Å². The Hall–Kier alpha value is -0.290. The van der Waals surface area contributed by atoms with Crippen molar-refractivity contribution < 1.29 is 26.3 Å². The van der Waals surface area contributed by atoms with Crippen molar-refractivity contribution in [2.24, 2.45) is 0 Å². The van der Waals surface area contributed by atoms with Crippen LogP contribution in [0.1, 0.15) is 5.69 Å². The molecular weight excluding hydrogens is 397 g/mol. The van der Waals surface area contributed by atoms with Crippen molar-refractivity contribution in [2.45, 2.75) is 18.2 Å². The number of aromatic nitrogens is 1. The molecule has 0 radical (unpaired) electrons. The number of nitrogens with zero attached hydrogens (tertiary/aromatic N) is 1. The molecule has 0 aliphatic heterocycles. The number of alkyl halides is 3. The molecule has 0 unspecified atom stereocenters. The average Bonchev–Trinajstić information content (AvgIpc) is 1.94. The van der Waals surface area contributed by atoms with Gasteiger partial charge in [0.25, 0.3) is 9.05 Å². The Kier molecular flexibility index (Phi) is 4.14. The first-order valence-electron chi connectivity index (χ1n) is 3.88. The molecule has 10 heteroatoms. The average molecular weight is 402 g/mol. The fraction of sp³-hybridized carbons (Fsp3) is 0.286. The van der Waals surface area contributed by atoms with E-state index in [0.29, 0.717) is 0 Å². The van der Waals surface area contributed by atoms with Crippen LogP contribution in [0.15, 0.2) is 11.0 Å². The molecule has 4 nitrogen and oxygen atoms in total. The maximum absolute atomic E-state index is 12.1. The summed E-state index contributed by atoms with van der Waals surface area (Å²) < 4.78 is 62.0. The van der Waals surface area contributed by atoms with Gasteiger partial charge in [-0.05, 0) is 29.5 Å². The number of hydrogen-bond donors (Lipinski definition) is 0. The van der Waals surface area contributed by atoms with Crippen molar-refractivity contribution in [3.05, 3.63) is 15.5 Å². The van der Waals surface area contributed by atoms with Gasteiger partial charge in [0.15, 0.2) is 10.6 Å². The lowest BCUT2D eigenvalue weighted by atomic mass is 10.3. The number of rotatable bonds is 2. The van der Waals surface area contributed by atoms with Crippen molar-refractivity contribution in [3.8, 4) is 5.75 Å². The van der Waals surface area contributed by atoms with Crippen LogP contribution < -0.4 is 4.74 Å². The minimum atomic E-state index is -5.01. The molecule has 0 aliphatic carbocycles. The van der Waals surface area contributed by atoms with Gasteiger partial charge in [-0.3, -0.25) is 0 Å². The molecule has 0 aliphatic rings. The summed E-state index contributed by atoms with van der Waals surface area (Å²) in [6.07, 6.45) is -5.01. The standard InChI is InChI=1S/C7H4ClF3INO3S/c1-3-2-4(16-7(9,10)11)5(6(12)13-3)17(8,14)15/h2H,1H3. The summed E-state index contributed by atoms with van der Waals surface area (Å²) in [6, 6.07) is 0.852. The second-order valence-electron chi connectivity index (χ2n) is 2.87. The minimum Gasteiger partial charge on any atom is -0.404 e. The fourth-order valence-corrected chi connectivity index (χ4v) is 3.96. The van der Waals surface area contributed by atoms with Gasteiger partial charge >= 0.3 is 6.36 Å². The molecule has 0 fully saturated rings. The summed E-state index contributed by atoms with van der Waals surface area (Å²) in [4.78, 5) is 2.92. The maximum atomic E-state index is 12.1. The third-order valence-electron chi connectivity index (χ3n) is 1.50. The first-order chi connectivity index (χ1) is 7.50. The first-order valence-corrected chi connectivity index (χ1v) is 7.27. The van der Waals surface area contributed by atoms with Crippen molar-refractivity contribution in [2.75, 3.05) is 0 Å². The molecule has 0 N–H and O–H groups in total. The lowest BCUT2D eigenvalue weighted by Gasteiger charge is -2.13. The Morgan fingerprint density at radius 2 is 2.00 bits per heavy atom. The predicted molar refractivity (Wildman–Crippen MR) is 61.4 cm³/mol. The summed E-state index contributed by atoms with van der Waals surface area (Å²) in [5.41, 5.74) is 0.178. The maximum Gasteiger partial charge on any atom is 0.573 e. The molecule has 0 aromatic carbocycles. The lowest BCUT2D eigenvalue weighted by molar-refractivity contribution is -0.275. The van der Waals surface area contributed by atoms with Gasteiger partial charge in [0, 0.05) is 22.4 Å². The van der Waals surface area contributed by atoms with E-state index in [1.807, 2.05) is 0 Å². The van der Waals surface area contributed by atoms with Crippen molar-refractivity contribution in [3.63, 3.8) is 0 Å². The van der Waals surface area contributed by atoms with Gasteiger partial charge in [0.05, 0.1) is 0 Å². The van der Waals surface area contributed by atoms with E-state index in [1.165, 1.54) is 29.5 Å². The number of aryl methyl sites for hydroxylation is 1. The Bertz CT molecular complexity index is 546. The summed E-state index contributed by atoms with van der Waals surface area (Å²) in [5, 5.41) is 0. The third kappa shape index (κ3) is 4.14. The lowest BCUT2D eigenvalue weighted by Crippen LogP contribution is -2.19. The van der Waals surface area contributed by atoms with E-state index in [0.717, 1.165) is 6.07 Å². The second kappa shape index (κ2) is 4.76. The van der Waals surface area contributed by atoms with Gasteiger partial charge in [0.1, 0.15) is 3.70 Å². The van der Waals surface area contributed by atoms with Gasteiger partial charge in [0.2, 0.25) is 0 Å². The molecule has 17 heavy (non-hydrogen) atoms. The summed E-state index contributed by atoms with van der Waals surface area (Å²) in [5.74, 6) is -0.885. The van der Waals surface area contributed by atoms with E-state index < -0.39 is 26.1 Å². The van der Waals surface area contributed by atoms with E-state index in [-0.39, 0.29) is 9.39 Å². The molecular formula is C7H4ClF3INO3S. The largest absolute Gasteiger partial charge is 0.573 e. The number of hydrogen-bond acceptors (Lipinski definition) is 4. The summed E-state index contributed by atoms with van der Waals surface area (Å²) in [6.45, 7) is 1.40. The highest BCUT2D eigenvalue weighted by Crippen LogP contribution is 2.34. The number of pyridine rings is 1. The molecule has 0 saturated heterocycles. The van der Waals surface area contributed by atoms with Crippen LogP contribution in [0.3, 0.4) is 0 Å². The zero-order valence-corrected chi connectivity index (χ0v) is 11.8. The van der Waals surface area contributed by atoms with Crippen LogP contribution in [0.4, 0.5) is 13.2 Å². The Morgan fingerprint density at radius 3 is 2.41 bits per heavy atom. The number of ether oxygens (including phenoxy) is 1. The molecule has 1 heterocycles. The van der Waals surface area contributed by atoms with Gasteiger partial charge in [-0.15, -0.1) is 13.2 Å². The molecule has 0 amide bonds. The highest BCUT2D eigenvalue weighted by molar-refractivity contribution is 14.1. The Morgan fingerprint density at radius 1 is 1.47 bits per heavy atom. The topological polar surface area (TPSA) is 56.3 Å². The predicted octanol–water partition coefficient (Wildman–Crippen LogP) is 2.82. The second-order valence-corrected chi connectivity index (χ2v) is 6.39. The van der Waals surface area contributed by atoms with Crippen LogP contribution in [0.5, 0.6) is 5.75 Å². The van der Waals surface area contributed by atoms with Crippen molar-refractivity contribution in [1.82, 2.24) is 4.98 Å². The molecule has 1 aromatic heterocycles. The van der Waals surface area contributed by atoms with Crippen LogP contribution in [-0.2, 0) is 9.05 Å². The highest BCUT2D eigenvalue weighted by atomic mass is 127. The number of halogens is 5. The third-order valence-corrected chi connectivity index (χ3v) is 3.99. The highest BCUT2D eigenvalue weighted by Gasteiger charge is 2.35. The first kappa shape index (κ1) is 14.8. The van der Waals surface area contributed by atoms with Crippen LogP contribution in [0.2, 0.25) is 0 Å². The molecule has 0 spiro atoms. The molecule has 1 rings (SSSR count).